The number of nitrogens with one attached hydrogen (secondary N) is 1. The number of carbonyl (C=O) groups is 2. The van der Waals surface area contributed by atoms with Gasteiger partial charge in [-0.3, -0.25) is 9.59 Å². The molecule has 0 aromatic heterocycles. The van der Waals surface area contributed by atoms with Crippen molar-refractivity contribution in [2.45, 2.75) is 12.5 Å². The van der Waals surface area contributed by atoms with Crippen molar-refractivity contribution < 1.29 is 14.0 Å². The molecule has 1 N–H and O–H groups in total. The topological polar surface area (TPSA) is 49.4 Å². The van der Waals surface area contributed by atoms with E-state index >= 15 is 0 Å². The number of para-hydroxylation sites is 1. The smallest absolute Gasteiger partial charge is 0.256 e. The van der Waals surface area contributed by atoms with E-state index in [9.17, 15) is 14.0 Å². The Balaban J connectivity index is 1.83. The van der Waals surface area contributed by atoms with Crippen LogP contribution in [0.25, 0.3) is 0 Å². The first-order valence-electron chi connectivity index (χ1n) is 6.69. The summed E-state index contributed by atoms with van der Waals surface area (Å²) in [4.78, 5) is 25.6. The highest BCUT2D eigenvalue weighted by atomic mass is 35.5. The predicted octanol–water partition coefficient (Wildman–Crippen LogP) is 3.22. The highest BCUT2D eigenvalue weighted by Gasteiger charge is 2.39. The molecular weight excluding hydrogens is 307 g/mol. The number of hydrogen-bond acceptors (Lipinski definition) is 3. The molecule has 1 fully saturated rings. The van der Waals surface area contributed by atoms with Crippen LogP contribution in [0.5, 0.6) is 0 Å². The highest BCUT2D eigenvalue weighted by Crippen LogP contribution is 2.28. The summed E-state index contributed by atoms with van der Waals surface area (Å²) in [6, 6.07) is 12.3. The largest absolute Gasteiger partial charge is 0.373 e. The van der Waals surface area contributed by atoms with Crippen LogP contribution in [-0.2, 0) is 9.59 Å². The second kappa shape index (κ2) is 5.77. The van der Waals surface area contributed by atoms with E-state index in [1.165, 1.54) is 12.1 Å². The first kappa shape index (κ1) is 14.5. The van der Waals surface area contributed by atoms with Crippen LogP contribution in [0.1, 0.15) is 6.42 Å². The Morgan fingerprint density at radius 3 is 2.55 bits per heavy atom. The van der Waals surface area contributed by atoms with Gasteiger partial charge in [-0.2, -0.15) is 0 Å². The Kier molecular flexibility index (Phi) is 3.81. The number of nitrogens with zero attached hydrogens (tertiary/aromatic N) is 1. The van der Waals surface area contributed by atoms with E-state index < -0.39 is 11.9 Å². The van der Waals surface area contributed by atoms with Crippen LogP contribution in [0, 0.1) is 5.82 Å². The summed E-state index contributed by atoms with van der Waals surface area (Å²) in [7, 11) is 0. The molecule has 0 saturated carbocycles. The zero-order valence-electron chi connectivity index (χ0n) is 11.4. The van der Waals surface area contributed by atoms with Gasteiger partial charge in [0, 0.05) is 5.69 Å². The Morgan fingerprint density at radius 2 is 1.86 bits per heavy atom. The number of rotatable bonds is 3. The molecule has 1 saturated heterocycles. The van der Waals surface area contributed by atoms with Crippen LogP contribution < -0.4 is 10.2 Å². The van der Waals surface area contributed by atoms with Gasteiger partial charge in [-0.1, -0.05) is 29.8 Å². The molecule has 0 unspecified atom stereocenters. The minimum absolute atomic E-state index is 0.0444. The fourth-order valence-corrected chi connectivity index (χ4v) is 2.55. The number of carbonyl (C=O) groups excluding carboxylic acids is 2. The Bertz CT molecular complexity index is 736. The van der Waals surface area contributed by atoms with Gasteiger partial charge in [-0.25, -0.2) is 9.29 Å². The molecule has 112 valence electrons. The lowest BCUT2D eigenvalue weighted by Gasteiger charge is -2.16. The normalized spacial score (nSPS) is 17.9. The van der Waals surface area contributed by atoms with Gasteiger partial charge in [0.1, 0.15) is 11.9 Å². The molecule has 6 heteroatoms. The molecule has 22 heavy (non-hydrogen) atoms. The molecule has 0 spiro atoms. The Hall–Kier alpha value is -2.40. The third kappa shape index (κ3) is 2.67. The van der Waals surface area contributed by atoms with Crippen molar-refractivity contribution in [1.29, 1.82) is 0 Å². The summed E-state index contributed by atoms with van der Waals surface area (Å²) >= 11 is 5.71. The average Bonchev–Trinajstić information content (AvgIpc) is 2.78. The summed E-state index contributed by atoms with van der Waals surface area (Å²) in [6.07, 6.45) is 0.0444. The third-order valence-electron chi connectivity index (χ3n) is 3.42. The Labute approximate surface area is 131 Å². The maximum absolute atomic E-state index is 13.2. The fraction of sp³-hybridized carbons (Fsp3) is 0.125. The second-order valence-corrected chi connectivity index (χ2v) is 5.34. The van der Waals surface area contributed by atoms with Gasteiger partial charge < -0.3 is 5.32 Å². The van der Waals surface area contributed by atoms with Crippen molar-refractivity contribution in [2.75, 3.05) is 10.2 Å². The molecule has 2 amide bonds. The SMILES string of the molecule is O=C1C[C@H](Nc2ccccc2)C(=O)N1c1ccc(F)c(Cl)c1. The van der Waals surface area contributed by atoms with Crippen molar-refractivity contribution in [1.82, 2.24) is 0 Å². The van der Waals surface area contributed by atoms with Gasteiger partial charge in [0.25, 0.3) is 5.91 Å². The van der Waals surface area contributed by atoms with Crippen LogP contribution in [-0.4, -0.2) is 17.9 Å². The lowest BCUT2D eigenvalue weighted by Crippen LogP contribution is -2.34. The zero-order valence-corrected chi connectivity index (χ0v) is 12.2. The monoisotopic (exact) mass is 318 g/mol. The minimum Gasteiger partial charge on any atom is -0.373 e. The molecule has 0 aliphatic carbocycles. The molecule has 1 atom stereocenters. The van der Waals surface area contributed by atoms with Gasteiger partial charge in [-0.05, 0) is 30.3 Å². The van der Waals surface area contributed by atoms with Gasteiger partial charge in [0.2, 0.25) is 5.91 Å². The van der Waals surface area contributed by atoms with Crippen LogP contribution in [0.15, 0.2) is 48.5 Å². The molecule has 2 aromatic rings. The maximum Gasteiger partial charge on any atom is 0.256 e. The van der Waals surface area contributed by atoms with E-state index in [1.54, 1.807) is 0 Å². The number of imide groups is 1. The minimum atomic E-state index is -0.640. The molecule has 1 aliphatic heterocycles. The second-order valence-electron chi connectivity index (χ2n) is 4.93. The summed E-state index contributed by atoms with van der Waals surface area (Å²) in [5.41, 5.74) is 1.03. The number of amides is 2. The average molecular weight is 319 g/mol. The van der Waals surface area contributed by atoms with Crippen LogP contribution >= 0.6 is 11.6 Å². The van der Waals surface area contributed by atoms with E-state index in [-0.39, 0.29) is 28.9 Å². The first-order chi connectivity index (χ1) is 10.6. The van der Waals surface area contributed by atoms with E-state index in [2.05, 4.69) is 5.32 Å². The summed E-state index contributed by atoms with van der Waals surface area (Å²) in [6.45, 7) is 0. The Morgan fingerprint density at radius 1 is 1.14 bits per heavy atom. The lowest BCUT2D eigenvalue weighted by atomic mass is 10.2. The number of benzene rings is 2. The van der Waals surface area contributed by atoms with Crippen molar-refractivity contribution in [3.8, 4) is 0 Å². The van der Waals surface area contributed by atoms with Crippen molar-refractivity contribution in [2.24, 2.45) is 0 Å². The van der Waals surface area contributed by atoms with Gasteiger partial charge >= 0.3 is 0 Å². The highest BCUT2D eigenvalue weighted by molar-refractivity contribution is 6.31. The van der Waals surface area contributed by atoms with Crippen molar-refractivity contribution >= 4 is 34.8 Å². The van der Waals surface area contributed by atoms with Gasteiger partial charge in [0.15, 0.2) is 0 Å². The molecule has 2 aromatic carbocycles. The molecular formula is C16H12ClFN2O2. The van der Waals surface area contributed by atoms with Crippen LogP contribution in [0.2, 0.25) is 5.02 Å². The fourth-order valence-electron chi connectivity index (χ4n) is 2.38. The van der Waals surface area contributed by atoms with E-state index in [4.69, 9.17) is 11.6 Å². The van der Waals surface area contributed by atoms with Crippen molar-refractivity contribution in [3.05, 3.63) is 59.4 Å². The van der Waals surface area contributed by atoms with Crippen LogP contribution in [0.3, 0.4) is 0 Å². The molecule has 1 heterocycles. The molecule has 0 bridgehead atoms. The van der Waals surface area contributed by atoms with Crippen molar-refractivity contribution in [3.63, 3.8) is 0 Å². The quantitative estimate of drug-likeness (QED) is 0.884. The maximum atomic E-state index is 13.2. The summed E-state index contributed by atoms with van der Waals surface area (Å²) in [5.74, 6) is -1.32. The van der Waals surface area contributed by atoms with E-state index in [0.29, 0.717) is 0 Å². The number of anilines is 2. The molecule has 3 rings (SSSR count). The van der Waals surface area contributed by atoms with Crippen LogP contribution in [0.4, 0.5) is 15.8 Å². The van der Waals surface area contributed by atoms with Gasteiger partial charge in [0.05, 0.1) is 17.1 Å². The first-order valence-corrected chi connectivity index (χ1v) is 7.07. The zero-order chi connectivity index (χ0) is 15.7. The number of halogens is 2. The molecule has 0 radical (unpaired) electrons. The molecule has 4 nitrogen and oxygen atoms in total. The number of hydrogen-bond donors (Lipinski definition) is 1. The summed E-state index contributed by atoms with van der Waals surface area (Å²) in [5, 5.41) is 2.90. The summed E-state index contributed by atoms with van der Waals surface area (Å²) < 4.78 is 13.2. The standard InChI is InChI=1S/C16H12ClFN2O2/c17-12-8-11(6-7-13(12)18)20-15(21)9-14(16(20)22)19-10-4-2-1-3-5-10/h1-8,14,19H,9H2/t14-/m0/s1. The van der Waals surface area contributed by atoms with E-state index in [1.807, 2.05) is 30.3 Å². The molecule has 1 aliphatic rings. The van der Waals surface area contributed by atoms with Gasteiger partial charge in [-0.15, -0.1) is 0 Å². The lowest BCUT2D eigenvalue weighted by molar-refractivity contribution is -0.121. The third-order valence-corrected chi connectivity index (χ3v) is 3.71. The van der Waals surface area contributed by atoms with E-state index in [0.717, 1.165) is 16.7 Å². The predicted molar refractivity (Wildman–Crippen MR) is 82.4 cm³/mol.